The summed E-state index contributed by atoms with van der Waals surface area (Å²) in [7, 11) is -3.71. The van der Waals surface area contributed by atoms with Gasteiger partial charge in [-0.1, -0.05) is 19.1 Å². The number of nitrogens with one attached hydrogen (secondary N) is 1. The molecule has 2 heterocycles. The number of carbonyl (C=O) groups is 1. The van der Waals surface area contributed by atoms with Crippen molar-refractivity contribution in [2.75, 3.05) is 21.9 Å². The number of thioether (sulfide) groups is 2. The molecule has 26 heavy (non-hydrogen) atoms. The predicted octanol–water partition coefficient (Wildman–Crippen LogP) is 3.81. The molecule has 2 aromatic carbocycles. The van der Waals surface area contributed by atoms with Crippen molar-refractivity contribution in [2.24, 2.45) is 0 Å². The first kappa shape index (κ1) is 17.8. The molecule has 4 rings (SSSR count). The maximum Gasteiger partial charge on any atom is 0.264 e. The van der Waals surface area contributed by atoms with Crippen LogP contribution in [0.3, 0.4) is 0 Å². The molecule has 1 unspecified atom stereocenters. The zero-order chi connectivity index (χ0) is 18.3. The van der Waals surface area contributed by atoms with Crippen LogP contribution in [0.25, 0.3) is 0 Å². The fraction of sp³-hybridized carbons (Fsp3) is 0.278. The summed E-state index contributed by atoms with van der Waals surface area (Å²) in [6.07, 6.45) is 0.426. The first-order valence-corrected chi connectivity index (χ1v) is 11.6. The van der Waals surface area contributed by atoms with Gasteiger partial charge in [-0.2, -0.15) is 0 Å². The van der Waals surface area contributed by atoms with E-state index in [9.17, 15) is 13.2 Å². The second-order valence-electron chi connectivity index (χ2n) is 6.24. The van der Waals surface area contributed by atoms with E-state index < -0.39 is 10.0 Å². The van der Waals surface area contributed by atoms with Gasteiger partial charge in [0.05, 0.1) is 16.3 Å². The zero-order valence-electron chi connectivity index (χ0n) is 14.1. The minimum absolute atomic E-state index is 0.0841. The number of rotatable bonds is 2. The quantitative estimate of drug-likeness (QED) is 0.821. The van der Waals surface area contributed by atoms with Gasteiger partial charge in [0.2, 0.25) is 5.91 Å². The highest BCUT2D eigenvalue weighted by atomic mass is 32.2. The number of benzene rings is 2. The lowest BCUT2D eigenvalue weighted by Crippen LogP contribution is -2.38. The van der Waals surface area contributed by atoms with Crippen LogP contribution in [0.15, 0.2) is 57.2 Å². The van der Waals surface area contributed by atoms with E-state index in [1.54, 1.807) is 41.7 Å². The van der Waals surface area contributed by atoms with Crippen molar-refractivity contribution in [1.82, 2.24) is 0 Å². The molecule has 136 valence electrons. The average Bonchev–Trinajstić information content (AvgIpc) is 2.80. The summed E-state index contributed by atoms with van der Waals surface area (Å²) in [5.41, 5.74) is 1.29. The Kier molecular flexibility index (Phi) is 4.66. The third-order valence-corrected chi connectivity index (χ3v) is 8.29. The summed E-state index contributed by atoms with van der Waals surface area (Å²) in [5, 5.41) is 2.98. The molecule has 0 aliphatic carbocycles. The van der Waals surface area contributed by atoms with Crippen LogP contribution in [0, 0.1) is 0 Å². The van der Waals surface area contributed by atoms with Crippen molar-refractivity contribution in [2.45, 2.75) is 33.3 Å². The predicted molar refractivity (Wildman–Crippen MR) is 107 cm³/mol. The number of hydrogen-bond donors (Lipinski definition) is 1. The lowest BCUT2D eigenvalue weighted by atomic mass is 10.3. The number of anilines is 2. The van der Waals surface area contributed by atoms with Crippen LogP contribution in [0.5, 0.6) is 0 Å². The van der Waals surface area contributed by atoms with E-state index in [2.05, 4.69) is 5.32 Å². The average molecular weight is 407 g/mol. The van der Waals surface area contributed by atoms with E-state index in [0.717, 1.165) is 9.79 Å². The normalized spacial score (nSPS) is 20.0. The molecule has 0 aromatic heterocycles. The van der Waals surface area contributed by atoms with Crippen molar-refractivity contribution in [3.05, 3.63) is 42.5 Å². The highest BCUT2D eigenvalue weighted by Gasteiger charge is 2.32. The summed E-state index contributed by atoms with van der Waals surface area (Å²) in [6.45, 7) is 2.44. The smallest absolute Gasteiger partial charge is 0.264 e. The van der Waals surface area contributed by atoms with Crippen LogP contribution >= 0.6 is 23.5 Å². The van der Waals surface area contributed by atoms with Crippen LogP contribution < -0.4 is 9.62 Å². The molecule has 1 atom stereocenters. The Bertz CT molecular complexity index is 975. The van der Waals surface area contributed by atoms with Crippen LogP contribution in [0.4, 0.5) is 11.4 Å². The van der Waals surface area contributed by atoms with Crippen molar-refractivity contribution in [1.29, 1.82) is 0 Å². The number of hydrogen-bond acceptors (Lipinski definition) is 5. The summed E-state index contributed by atoms with van der Waals surface area (Å²) < 4.78 is 28.2. The third kappa shape index (κ3) is 3.21. The molecule has 1 amide bonds. The Morgan fingerprint density at radius 3 is 2.81 bits per heavy atom. The molecule has 0 saturated carbocycles. The molecule has 0 spiro atoms. The highest BCUT2D eigenvalue weighted by Crippen LogP contribution is 2.41. The van der Waals surface area contributed by atoms with Gasteiger partial charge in [-0.25, -0.2) is 8.42 Å². The fourth-order valence-electron chi connectivity index (χ4n) is 3.06. The van der Waals surface area contributed by atoms with Gasteiger partial charge >= 0.3 is 0 Å². The van der Waals surface area contributed by atoms with Crippen LogP contribution in [0.1, 0.15) is 13.3 Å². The summed E-state index contributed by atoms with van der Waals surface area (Å²) in [5.74, 6) is 0.609. The minimum Gasteiger partial charge on any atom is -0.325 e. The van der Waals surface area contributed by atoms with Crippen molar-refractivity contribution < 1.29 is 13.2 Å². The second kappa shape index (κ2) is 6.83. The first-order valence-electron chi connectivity index (χ1n) is 8.30. The standard InChI is InChI=1S/C18H18N2O3S3/c1-12-11-20(15-4-2-3-5-17(15)25-12)26(22,23)13-6-7-16-14(10-13)19-18(21)8-9-24-16/h2-7,10,12H,8-9,11H2,1H3,(H,19,21). The first-order chi connectivity index (χ1) is 12.4. The molecular weight excluding hydrogens is 388 g/mol. The number of nitrogens with zero attached hydrogens (tertiary/aromatic N) is 1. The van der Waals surface area contributed by atoms with E-state index >= 15 is 0 Å². The van der Waals surface area contributed by atoms with E-state index in [1.807, 2.05) is 31.2 Å². The number of fused-ring (bicyclic) bond motifs is 2. The van der Waals surface area contributed by atoms with E-state index in [4.69, 9.17) is 0 Å². The van der Waals surface area contributed by atoms with Gasteiger partial charge in [0.25, 0.3) is 10.0 Å². The van der Waals surface area contributed by atoms with Gasteiger partial charge in [-0.05, 0) is 30.3 Å². The van der Waals surface area contributed by atoms with E-state index in [-0.39, 0.29) is 16.1 Å². The number of para-hydroxylation sites is 1. The lowest BCUT2D eigenvalue weighted by molar-refractivity contribution is -0.115. The molecular formula is C18H18N2O3S3. The van der Waals surface area contributed by atoms with Crippen molar-refractivity contribution in [3.8, 4) is 0 Å². The van der Waals surface area contributed by atoms with Crippen molar-refractivity contribution >= 4 is 50.8 Å². The summed E-state index contributed by atoms with van der Waals surface area (Å²) in [6, 6.07) is 12.6. The minimum atomic E-state index is -3.71. The molecule has 0 radical (unpaired) electrons. The Hall–Kier alpha value is -1.64. The molecule has 0 saturated heterocycles. The van der Waals surface area contributed by atoms with E-state index in [1.165, 1.54) is 4.31 Å². The monoisotopic (exact) mass is 406 g/mol. The maximum absolute atomic E-state index is 13.3. The van der Waals surface area contributed by atoms with Gasteiger partial charge in [0, 0.05) is 33.8 Å². The van der Waals surface area contributed by atoms with E-state index in [0.29, 0.717) is 30.1 Å². The second-order valence-corrected chi connectivity index (χ2v) is 10.7. The van der Waals surface area contributed by atoms with Gasteiger partial charge in [0.1, 0.15) is 0 Å². The molecule has 8 heteroatoms. The van der Waals surface area contributed by atoms with Crippen LogP contribution in [-0.4, -0.2) is 31.9 Å². The van der Waals surface area contributed by atoms with Gasteiger partial charge in [-0.15, -0.1) is 23.5 Å². The molecule has 2 aliphatic heterocycles. The SMILES string of the molecule is CC1CN(S(=O)(=O)c2ccc3c(c2)NC(=O)CCS3)c2ccccc2S1. The Balaban J connectivity index is 1.77. The molecule has 2 aliphatic rings. The number of carbonyl (C=O) groups excluding carboxylic acids is 1. The lowest BCUT2D eigenvalue weighted by Gasteiger charge is -2.33. The molecule has 1 N–H and O–H groups in total. The van der Waals surface area contributed by atoms with Gasteiger partial charge in [0.15, 0.2) is 0 Å². The van der Waals surface area contributed by atoms with Crippen LogP contribution in [-0.2, 0) is 14.8 Å². The Morgan fingerprint density at radius 2 is 1.96 bits per heavy atom. The Morgan fingerprint density at radius 1 is 1.15 bits per heavy atom. The van der Waals surface area contributed by atoms with Gasteiger partial charge in [-0.3, -0.25) is 9.10 Å². The Labute approximate surface area is 161 Å². The number of sulfonamides is 1. The molecule has 5 nitrogen and oxygen atoms in total. The zero-order valence-corrected chi connectivity index (χ0v) is 16.6. The molecule has 0 bridgehead atoms. The summed E-state index contributed by atoms with van der Waals surface area (Å²) >= 11 is 3.25. The molecule has 2 aromatic rings. The topological polar surface area (TPSA) is 66.5 Å². The maximum atomic E-state index is 13.3. The van der Waals surface area contributed by atoms with Crippen molar-refractivity contribution in [3.63, 3.8) is 0 Å². The summed E-state index contributed by atoms with van der Waals surface area (Å²) in [4.78, 5) is 13.9. The third-order valence-electron chi connectivity index (χ3n) is 4.28. The largest absolute Gasteiger partial charge is 0.325 e. The number of amides is 1. The molecule has 0 fully saturated rings. The van der Waals surface area contributed by atoms with Gasteiger partial charge < -0.3 is 5.32 Å². The fourth-order valence-corrected chi connectivity index (χ4v) is 6.86. The highest BCUT2D eigenvalue weighted by molar-refractivity contribution is 8.00. The van der Waals surface area contributed by atoms with Crippen LogP contribution in [0.2, 0.25) is 0 Å².